The van der Waals surface area contributed by atoms with Crippen molar-refractivity contribution in [2.24, 2.45) is 0 Å². The lowest BCUT2D eigenvalue weighted by Crippen LogP contribution is -2.23. The second-order valence-corrected chi connectivity index (χ2v) is 9.23. The van der Waals surface area contributed by atoms with Crippen LogP contribution >= 0.6 is 23.1 Å². The molecule has 0 aliphatic heterocycles. The first-order valence-electron chi connectivity index (χ1n) is 10.1. The maximum atomic E-state index is 13.3. The molecule has 0 saturated heterocycles. The standard InChI is InChI=1S/C24H23N3O4S2/c1-14-5-7-18(15(2)11-14)27-23(29)22-17(9-10-32-22)26-24(27)33-13-21(28)25-16-6-8-19(30-3)20(12-16)31-4/h5-12H,13H2,1-4H3,(H,25,28). The minimum absolute atomic E-state index is 0.0847. The van der Waals surface area contributed by atoms with Crippen molar-refractivity contribution in [3.05, 3.63) is 69.3 Å². The summed E-state index contributed by atoms with van der Waals surface area (Å²) >= 11 is 2.59. The van der Waals surface area contributed by atoms with E-state index in [1.807, 2.05) is 43.5 Å². The fourth-order valence-corrected chi connectivity index (χ4v) is 5.06. The molecule has 170 valence electrons. The molecule has 1 amide bonds. The molecular weight excluding hydrogens is 458 g/mol. The summed E-state index contributed by atoms with van der Waals surface area (Å²) in [7, 11) is 3.09. The first-order valence-corrected chi connectivity index (χ1v) is 12.0. The molecule has 33 heavy (non-hydrogen) atoms. The molecule has 0 atom stereocenters. The van der Waals surface area contributed by atoms with Crippen LogP contribution in [0.5, 0.6) is 11.5 Å². The van der Waals surface area contributed by atoms with Gasteiger partial charge in [0.2, 0.25) is 5.91 Å². The largest absolute Gasteiger partial charge is 0.493 e. The zero-order valence-corrected chi connectivity index (χ0v) is 20.3. The smallest absolute Gasteiger partial charge is 0.276 e. The van der Waals surface area contributed by atoms with Crippen LogP contribution in [0.15, 0.2) is 57.8 Å². The van der Waals surface area contributed by atoms with Crippen molar-refractivity contribution in [3.8, 4) is 17.2 Å². The Morgan fingerprint density at radius 1 is 1.09 bits per heavy atom. The zero-order valence-electron chi connectivity index (χ0n) is 18.7. The predicted molar refractivity (Wildman–Crippen MR) is 134 cm³/mol. The Morgan fingerprint density at radius 2 is 1.88 bits per heavy atom. The van der Waals surface area contributed by atoms with Crippen LogP contribution in [0.1, 0.15) is 11.1 Å². The number of rotatable bonds is 7. The summed E-state index contributed by atoms with van der Waals surface area (Å²) in [6.45, 7) is 3.97. The number of hydrogen-bond acceptors (Lipinski definition) is 7. The summed E-state index contributed by atoms with van der Waals surface area (Å²) in [6.07, 6.45) is 0. The summed E-state index contributed by atoms with van der Waals surface area (Å²) in [4.78, 5) is 30.7. The van der Waals surface area contributed by atoms with E-state index in [0.717, 1.165) is 16.8 Å². The fraction of sp³-hybridized carbons (Fsp3) is 0.208. The van der Waals surface area contributed by atoms with Crippen LogP contribution in [-0.4, -0.2) is 35.4 Å². The number of ether oxygens (including phenoxy) is 2. The summed E-state index contributed by atoms with van der Waals surface area (Å²) in [5, 5.41) is 5.18. The lowest BCUT2D eigenvalue weighted by atomic mass is 10.1. The number of anilines is 1. The van der Waals surface area contributed by atoms with E-state index in [0.29, 0.717) is 32.6 Å². The van der Waals surface area contributed by atoms with Crippen molar-refractivity contribution >= 4 is 44.9 Å². The Morgan fingerprint density at radius 3 is 2.61 bits per heavy atom. The maximum absolute atomic E-state index is 13.3. The first kappa shape index (κ1) is 22.9. The number of thioether (sulfide) groups is 1. The van der Waals surface area contributed by atoms with E-state index in [1.165, 1.54) is 30.2 Å². The molecule has 0 bridgehead atoms. The maximum Gasteiger partial charge on any atom is 0.276 e. The Bertz CT molecular complexity index is 1390. The van der Waals surface area contributed by atoms with Crippen molar-refractivity contribution in [1.29, 1.82) is 0 Å². The zero-order chi connectivity index (χ0) is 23.5. The number of aryl methyl sites for hydroxylation is 2. The van der Waals surface area contributed by atoms with E-state index in [2.05, 4.69) is 10.3 Å². The highest BCUT2D eigenvalue weighted by Gasteiger charge is 2.17. The molecule has 9 heteroatoms. The Labute approximate surface area is 199 Å². The van der Waals surface area contributed by atoms with Gasteiger partial charge in [-0.05, 0) is 49.1 Å². The van der Waals surface area contributed by atoms with Gasteiger partial charge < -0.3 is 14.8 Å². The van der Waals surface area contributed by atoms with Crippen LogP contribution in [0.2, 0.25) is 0 Å². The van der Waals surface area contributed by atoms with Gasteiger partial charge in [0.25, 0.3) is 5.56 Å². The van der Waals surface area contributed by atoms with Crippen LogP contribution in [0.25, 0.3) is 15.9 Å². The van der Waals surface area contributed by atoms with E-state index >= 15 is 0 Å². The van der Waals surface area contributed by atoms with Crippen molar-refractivity contribution in [3.63, 3.8) is 0 Å². The quantitative estimate of drug-likeness (QED) is 0.301. The average Bonchev–Trinajstić information content (AvgIpc) is 3.27. The molecule has 0 aliphatic rings. The van der Waals surface area contributed by atoms with Gasteiger partial charge in [0, 0.05) is 11.8 Å². The minimum Gasteiger partial charge on any atom is -0.493 e. The number of methoxy groups -OCH3 is 2. The van der Waals surface area contributed by atoms with E-state index in [9.17, 15) is 9.59 Å². The third-order valence-corrected chi connectivity index (χ3v) is 6.87. The van der Waals surface area contributed by atoms with Crippen molar-refractivity contribution < 1.29 is 14.3 Å². The number of carbonyl (C=O) groups excluding carboxylic acids is 1. The van der Waals surface area contributed by atoms with E-state index in [4.69, 9.17) is 9.47 Å². The van der Waals surface area contributed by atoms with E-state index < -0.39 is 0 Å². The molecule has 2 aromatic heterocycles. The van der Waals surface area contributed by atoms with Crippen molar-refractivity contribution in [1.82, 2.24) is 9.55 Å². The minimum atomic E-state index is -0.223. The molecule has 2 heterocycles. The van der Waals surface area contributed by atoms with Gasteiger partial charge in [-0.2, -0.15) is 0 Å². The highest BCUT2D eigenvalue weighted by atomic mass is 32.2. The topological polar surface area (TPSA) is 82.5 Å². The molecule has 0 radical (unpaired) electrons. The lowest BCUT2D eigenvalue weighted by Gasteiger charge is -2.15. The molecule has 0 unspecified atom stereocenters. The first-order chi connectivity index (χ1) is 15.9. The number of benzene rings is 2. The summed E-state index contributed by atoms with van der Waals surface area (Å²) in [6, 6.07) is 12.9. The number of nitrogens with one attached hydrogen (secondary N) is 1. The number of aromatic nitrogens is 2. The number of carbonyl (C=O) groups is 1. The second kappa shape index (κ2) is 9.68. The molecule has 2 aromatic carbocycles. The van der Waals surface area contributed by atoms with Crippen LogP contribution in [0.3, 0.4) is 0 Å². The van der Waals surface area contributed by atoms with Crippen LogP contribution in [-0.2, 0) is 4.79 Å². The number of fused-ring (bicyclic) bond motifs is 1. The molecule has 7 nitrogen and oxygen atoms in total. The molecule has 1 N–H and O–H groups in total. The van der Waals surface area contributed by atoms with Crippen LogP contribution < -0.4 is 20.3 Å². The van der Waals surface area contributed by atoms with Gasteiger partial charge in [0.15, 0.2) is 16.7 Å². The van der Waals surface area contributed by atoms with Crippen LogP contribution in [0.4, 0.5) is 5.69 Å². The number of thiophene rings is 1. The number of amides is 1. The molecule has 4 aromatic rings. The highest BCUT2D eigenvalue weighted by molar-refractivity contribution is 7.99. The van der Waals surface area contributed by atoms with Gasteiger partial charge in [-0.15, -0.1) is 11.3 Å². The number of hydrogen-bond donors (Lipinski definition) is 1. The molecule has 0 fully saturated rings. The Kier molecular flexibility index (Phi) is 6.71. The SMILES string of the molecule is COc1ccc(NC(=O)CSc2nc3ccsc3c(=O)n2-c2ccc(C)cc2C)cc1OC. The second-order valence-electron chi connectivity index (χ2n) is 7.37. The fourth-order valence-electron chi connectivity index (χ4n) is 3.50. The monoisotopic (exact) mass is 481 g/mol. The van der Waals surface area contributed by atoms with Crippen molar-refractivity contribution in [2.75, 3.05) is 25.3 Å². The molecule has 0 spiro atoms. The van der Waals surface area contributed by atoms with Gasteiger partial charge in [-0.1, -0.05) is 29.5 Å². The summed E-state index contributed by atoms with van der Waals surface area (Å²) < 4.78 is 12.7. The van der Waals surface area contributed by atoms with Gasteiger partial charge >= 0.3 is 0 Å². The van der Waals surface area contributed by atoms with Gasteiger partial charge in [-0.3, -0.25) is 14.2 Å². The molecule has 0 saturated carbocycles. The molecule has 0 aliphatic carbocycles. The Hall–Kier alpha value is -3.30. The van der Waals surface area contributed by atoms with Gasteiger partial charge in [0.1, 0.15) is 4.70 Å². The Balaban J connectivity index is 1.62. The highest BCUT2D eigenvalue weighted by Crippen LogP contribution is 2.30. The van der Waals surface area contributed by atoms with E-state index in [1.54, 1.807) is 29.9 Å². The van der Waals surface area contributed by atoms with Crippen molar-refractivity contribution in [2.45, 2.75) is 19.0 Å². The third kappa shape index (κ3) is 4.74. The molecule has 4 rings (SSSR count). The summed E-state index contributed by atoms with van der Waals surface area (Å²) in [5.74, 6) is 0.965. The number of nitrogens with zero attached hydrogens (tertiary/aromatic N) is 2. The lowest BCUT2D eigenvalue weighted by molar-refractivity contribution is -0.113. The third-order valence-electron chi connectivity index (χ3n) is 5.04. The average molecular weight is 482 g/mol. The van der Waals surface area contributed by atoms with Gasteiger partial charge in [0.05, 0.1) is 31.2 Å². The van der Waals surface area contributed by atoms with Gasteiger partial charge in [-0.25, -0.2) is 4.98 Å². The summed E-state index contributed by atoms with van der Waals surface area (Å²) in [5.41, 5.74) is 3.92. The van der Waals surface area contributed by atoms with Crippen LogP contribution in [0, 0.1) is 13.8 Å². The normalized spacial score (nSPS) is 10.9. The predicted octanol–water partition coefficient (Wildman–Crippen LogP) is 4.81. The van der Waals surface area contributed by atoms with E-state index in [-0.39, 0.29) is 17.2 Å². The molecular formula is C24H23N3O4S2.